The van der Waals surface area contributed by atoms with E-state index in [1.807, 2.05) is 13.8 Å². The second-order valence-corrected chi connectivity index (χ2v) is 8.35. The van der Waals surface area contributed by atoms with Gasteiger partial charge in [-0.2, -0.15) is 4.31 Å². The van der Waals surface area contributed by atoms with Gasteiger partial charge in [0.25, 0.3) is 0 Å². The molecular weight excluding hydrogens is 317 g/mol. The number of halogens is 2. The lowest BCUT2D eigenvalue weighted by atomic mass is 10.0. The normalized spacial score (nSPS) is 19.4. The number of hydrogen-bond donors (Lipinski definition) is 0. The summed E-state index contributed by atoms with van der Waals surface area (Å²) in [5.41, 5.74) is 1.09. The number of hydrogen-bond acceptors (Lipinski definition) is 2. The first kappa shape index (κ1) is 16.1. The maximum Gasteiger partial charge on any atom is 0.243 e. The van der Waals surface area contributed by atoms with Gasteiger partial charge >= 0.3 is 0 Å². The van der Waals surface area contributed by atoms with Crippen molar-refractivity contribution in [1.82, 2.24) is 4.31 Å². The van der Waals surface area contributed by atoms with Crippen molar-refractivity contribution in [3.8, 4) is 0 Å². The molecule has 0 N–H and O–H groups in total. The van der Waals surface area contributed by atoms with E-state index in [-0.39, 0.29) is 16.3 Å². The Hall–Kier alpha value is -0.290. The molecule has 1 aromatic carbocycles. The van der Waals surface area contributed by atoms with Crippen LogP contribution >= 0.6 is 23.2 Å². The SMILES string of the molecule is Cc1c(CCl)cc(Cl)cc1S(=O)(=O)N1CCCC1(C)C. The molecule has 1 aliphatic heterocycles. The van der Waals surface area contributed by atoms with Gasteiger partial charge < -0.3 is 0 Å². The topological polar surface area (TPSA) is 37.4 Å². The highest BCUT2D eigenvalue weighted by Crippen LogP contribution is 2.36. The molecule has 2 rings (SSSR count). The second-order valence-electron chi connectivity index (χ2n) is 5.81. The monoisotopic (exact) mass is 335 g/mol. The van der Waals surface area contributed by atoms with Gasteiger partial charge in [0.2, 0.25) is 10.0 Å². The fourth-order valence-electron chi connectivity index (χ4n) is 2.76. The molecule has 0 radical (unpaired) electrons. The van der Waals surface area contributed by atoms with Crippen LogP contribution in [-0.4, -0.2) is 24.8 Å². The molecule has 1 aliphatic rings. The molecule has 0 aliphatic carbocycles. The van der Waals surface area contributed by atoms with Gasteiger partial charge in [0, 0.05) is 23.0 Å². The molecule has 0 amide bonds. The van der Waals surface area contributed by atoms with E-state index < -0.39 is 10.0 Å². The van der Waals surface area contributed by atoms with Gasteiger partial charge in [-0.25, -0.2) is 8.42 Å². The third-order valence-electron chi connectivity index (χ3n) is 3.97. The molecular formula is C14H19Cl2NO2S. The standard InChI is InChI=1S/C14H19Cl2NO2S/c1-10-11(9-15)7-12(16)8-13(10)20(18,19)17-6-4-5-14(17,2)3/h7-8H,4-6,9H2,1-3H3. The van der Waals surface area contributed by atoms with Crippen molar-refractivity contribution in [2.45, 2.75) is 49.9 Å². The zero-order valence-corrected chi connectivity index (χ0v) is 14.2. The number of nitrogens with zero attached hydrogens (tertiary/aromatic N) is 1. The third-order valence-corrected chi connectivity index (χ3v) is 6.71. The van der Waals surface area contributed by atoms with Crippen molar-refractivity contribution in [2.75, 3.05) is 6.54 Å². The Morgan fingerprint density at radius 2 is 2.00 bits per heavy atom. The molecule has 1 fully saturated rings. The molecule has 20 heavy (non-hydrogen) atoms. The average molecular weight is 336 g/mol. The van der Waals surface area contributed by atoms with Crippen molar-refractivity contribution in [3.63, 3.8) is 0 Å². The predicted molar refractivity (Wildman–Crippen MR) is 83.0 cm³/mol. The van der Waals surface area contributed by atoms with E-state index in [4.69, 9.17) is 23.2 Å². The highest BCUT2D eigenvalue weighted by atomic mass is 35.5. The number of alkyl halides is 1. The zero-order valence-electron chi connectivity index (χ0n) is 11.9. The Bertz CT molecular complexity index is 626. The summed E-state index contributed by atoms with van der Waals surface area (Å²) in [6, 6.07) is 3.24. The Labute approximate surface area is 130 Å². The van der Waals surface area contributed by atoms with E-state index in [0.29, 0.717) is 17.1 Å². The third kappa shape index (κ3) is 2.71. The van der Waals surface area contributed by atoms with Crippen molar-refractivity contribution >= 4 is 33.2 Å². The Morgan fingerprint density at radius 3 is 2.50 bits per heavy atom. The summed E-state index contributed by atoms with van der Waals surface area (Å²) < 4.78 is 27.4. The molecule has 0 bridgehead atoms. The van der Waals surface area contributed by atoms with E-state index in [1.54, 1.807) is 17.3 Å². The predicted octanol–water partition coefficient (Wildman–Crippen LogP) is 3.95. The summed E-state index contributed by atoms with van der Waals surface area (Å²) in [5.74, 6) is 0.248. The van der Waals surface area contributed by atoms with E-state index in [9.17, 15) is 8.42 Å². The summed E-state index contributed by atoms with van der Waals surface area (Å²) in [6.45, 7) is 6.25. The van der Waals surface area contributed by atoms with Gasteiger partial charge in [-0.05, 0) is 56.9 Å². The minimum Gasteiger partial charge on any atom is -0.207 e. The molecule has 6 heteroatoms. The molecule has 3 nitrogen and oxygen atoms in total. The van der Waals surface area contributed by atoms with Crippen LogP contribution in [0, 0.1) is 6.92 Å². The van der Waals surface area contributed by atoms with Crippen LogP contribution in [-0.2, 0) is 15.9 Å². The van der Waals surface area contributed by atoms with Crippen LogP contribution in [0.3, 0.4) is 0 Å². The summed E-state index contributed by atoms with van der Waals surface area (Å²) in [6.07, 6.45) is 1.75. The molecule has 0 unspecified atom stereocenters. The highest BCUT2D eigenvalue weighted by Gasteiger charge is 2.41. The molecule has 1 saturated heterocycles. The average Bonchev–Trinajstić information content (AvgIpc) is 2.71. The highest BCUT2D eigenvalue weighted by molar-refractivity contribution is 7.89. The maximum atomic E-state index is 12.9. The summed E-state index contributed by atoms with van der Waals surface area (Å²) in [4.78, 5) is 0.274. The summed E-state index contributed by atoms with van der Waals surface area (Å²) in [7, 11) is -3.54. The van der Waals surface area contributed by atoms with Crippen molar-refractivity contribution in [2.24, 2.45) is 0 Å². The van der Waals surface area contributed by atoms with E-state index in [0.717, 1.165) is 18.4 Å². The van der Waals surface area contributed by atoms with Crippen LogP contribution in [0.25, 0.3) is 0 Å². The first-order chi connectivity index (χ1) is 9.20. The van der Waals surface area contributed by atoms with Gasteiger partial charge in [0.05, 0.1) is 4.90 Å². The van der Waals surface area contributed by atoms with Gasteiger partial charge in [-0.15, -0.1) is 11.6 Å². The first-order valence-electron chi connectivity index (χ1n) is 6.58. The molecule has 1 heterocycles. The quantitative estimate of drug-likeness (QED) is 0.784. The van der Waals surface area contributed by atoms with Crippen LogP contribution in [0.5, 0.6) is 0 Å². The maximum absolute atomic E-state index is 12.9. The van der Waals surface area contributed by atoms with Gasteiger partial charge in [0.15, 0.2) is 0 Å². The Kier molecular flexibility index (Phi) is 4.41. The second kappa shape index (κ2) is 5.48. The van der Waals surface area contributed by atoms with Gasteiger partial charge in [0.1, 0.15) is 0 Å². The minimum absolute atomic E-state index is 0.248. The molecule has 0 atom stereocenters. The van der Waals surface area contributed by atoms with Crippen LogP contribution in [0.15, 0.2) is 17.0 Å². The number of rotatable bonds is 3. The minimum atomic E-state index is -3.54. The lowest BCUT2D eigenvalue weighted by molar-refractivity contribution is 0.291. The van der Waals surface area contributed by atoms with E-state index >= 15 is 0 Å². The van der Waals surface area contributed by atoms with Crippen LogP contribution in [0.4, 0.5) is 0 Å². The lowest BCUT2D eigenvalue weighted by Crippen LogP contribution is -2.42. The van der Waals surface area contributed by atoms with Gasteiger partial charge in [-0.1, -0.05) is 11.6 Å². The van der Waals surface area contributed by atoms with Gasteiger partial charge in [-0.3, -0.25) is 0 Å². The Balaban J connectivity index is 2.58. The molecule has 0 saturated carbocycles. The zero-order chi connectivity index (χ0) is 15.1. The molecule has 1 aromatic rings. The van der Waals surface area contributed by atoms with Crippen LogP contribution in [0.2, 0.25) is 5.02 Å². The fourth-order valence-corrected chi connectivity index (χ4v) is 5.49. The summed E-state index contributed by atoms with van der Waals surface area (Å²) in [5, 5.41) is 0.404. The fraction of sp³-hybridized carbons (Fsp3) is 0.571. The molecule has 0 aromatic heterocycles. The van der Waals surface area contributed by atoms with Crippen molar-refractivity contribution < 1.29 is 8.42 Å². The lowest BCUT2D eigenvalue weighted by Gasteiger charge is -2.31. The number of benzene rings is 1. The number of sulfonamides is 1. The smallest absolute Gasteiger partial charge is 0.207 e. The van der Waals surface area contributed by atoms with Crippen molar-refractivity contribution in [3.05, 3.63) is 28.3 Å². The summed E-state index contributed by atoms with van der Waals surface area (Å²) >= 11 is 11.9. The first-order valence-corrected chi connectivity index (χ1v) is 8.93. The van der Waals surface area contributed by atoms with E-state index in [1.165, 1.54) is 6.07 Å². The largest absolute Gasteiger partial charge is 0.243 e. The van der Waals surface area contributed by atoms with Crippen LogP contribution < -0.4 is 0 Å². The van der Waals surface area contributed by atoms with Crippen molar-refractivity contribution in [1.29, 1.82) is 0 Å². The van der Waals surface area contributed by atoms with Crippen LogP contribution in [0.1, 0.15) is 37.8 Å². The molecule has 0 spiro atoms. The molecule has 112 valence electrons. The van der Waals surface area contributed by atoms with E-state index in [2.05, 4.69) is 0 Å². The Morgan fingerprint density at radius 1 is 1.35 bits per heavy atom.